The summed E-state index contributed by atoms with van der Waals surface area (Å²) in [6, 6.07) is 4.01. The first-order chi connectivity index (χ1) is 15.0. The van der Waals surface area contributed by atoms with E-state index in [2.05, 4.69) is 22.9 Å². The molecule has 1 atom stereocenters. The number of piperidine rings is 1. The van der Waals surface area contributed by atoms with E-state index in [1.807, 2.05) is 26.8 Å². The smallest absolute Gasteiger partial charge is 0.312 e. The van der Waals surface area contributed by atoms with Gasteiger partial charge in [0.15, 0.2) is 5.78 Å². The van der Waals surface area contributed by atoms with Crippen molar-refractivity contribution in [3.63, 3.8) is 0 Å². The molecule has 1 aromatic heterocycles. The monoisotopic (exact) mass is 439 g/mol. The molecule has 0 aromatic carbocycles. The summed E-state index contributed by atoms with van der Waals surface area (Å²) in [6.07, 6.45) is 3.55. The lowest BCUT2D eigenvalue weighted by Gasteiger charge is -2.41. The second-order valence-electron chi connectivity index (χ2n) is 9.63. The van der Waals surface area contributed by atoms with E-state index in [9.17, 15) is 14.9 Å². The van der Waals surface area contributed by atoms with Gasteiger partial charge in [-0.3, -0.25) is 14.6 Å². The molecule has 172 valence electrons. The van der Waals surface area contributed by atoms with Crippen molar-refractivity contribution in [2.24, 2.45) is 5.41 Å². The molecular weight excluding hydrogens is 406 g/mol. The maximum absolute atomic E-state index is 12.7. The van der Waals surface area contributed by atoms with Gasteiger partial charge < -0.3 is 14.4 Å². The number of hydrogen-bond donors (Lipinski definition) is 0. The number of aromatic nitrogens is 1. The Morgan fingerprint density at radius 1 is 1.38 bits per heavy atom. The van der Waals surface area contributed by atoms with Gasteiger partial charge in [-0.1, -0.05) is 6.92 Å². The first-order valence-electron chi connectivity index (χ1n) is 11.2. The van der Waals surface area contributed by atoms with Crippen LogP contribution in [0.3, 0.4) is 0 Å². The number of carbonyl (C=O) groups excluding carboxylic acids is 2. The van der Waals surface area contributed by atoms with Gasteiger partial charge in [-0.15, -0.1) is 0 Å². The summed E-state index contributed by atoms with van der Waals surface area (Å²) in [5, 5.41) is 9.79. The van der Waals surface area contributed by atoms with Gasteiger partial charge in [-0.2, -0.15) is 5.26 Å². The van der Waals surface area contributed by atoms with Gasteiger partial charge in [0.1, 0.15) is 17.7 Å². The Morgan fingerprint density at radius 2 is 2.03 bits per heavy atom. The number of esters is 1. The predicted molar refractivity (Wildman–Crippen MR) is 120 cm³/mol. The average molecular weight is 440 g/mol. The summed E-state index contributed by atoms with van der Waals surface area (Å²) in [7, 11) is 1.72. The zero-order chi connectivity index (χ0) is 23.7. The SMILES string of the molecule is CCC(C)(C)C(=O)OC(C)c1cc2c(cn1)CC(=O)C(C#N)=C2N1CCC(C)(OC)CC1. The van der Waals surface area contributed by atoms with E-state index in [4.69, 9.17) is 9.47 Å². The Hall–Kier alpha value is -2.72. The van der Waals surface area contributed by atoms with Crippen LogP contribution in [-0.2, 0) is 25.5 Å². The highest BCUT2D eigenvalue weighted by Crippen LogP contribution is 2.37. The lowest BCUT2D eigenvalue weighted by molar-refractivity contribution is -0.159. The maximum atomic E-state index is 12.7. The quantitative estimate of drug-likeness (QED) is 0.619. The van der Waals surface area contributed by atoms with Crippen molar-refractivity contribution in [2.45, 2.75) is 72.0 Å². The number of pyridine rings is 1. The van der Waals surface area contributed by atoms with Crippen LogP contribution in [0, 0.1) is 16.7 Å². The molecule has 2 aliphatic rings. The average Bonchev–Trinajstić information content (AvgIpc) is 2.78. The number of methoxy groups -OCH3 is 1. The van der Waals surface area contributed by atoms with Crippen molar-refractivity contribution in [1.29, 1.82) is 5.26 Å². The highest BCUT2D eigenvalue weighted by atomic mass is 16.5. The molecule has 0 amide bonds. The van der Waals surface area contributed by atoms with Crippen molar-refractivity contribution < 1.29 is 19.1 Å². The third-order valence-electron chi connectivity index (χ3n) is 7.01. The van der Waals surface area contributed by atoms with Gasteiger partial charge in [-0.05, 0) is 58.6 Å². The van der Waals surface area contributed by atoms with E-state index in [1.165, 1.54) is 0 Å². The molecule has 1 aromatic rings. The summed E-state index contributed by atoms with van der Waals surface area (Å²) >= 11 is 0. The summed E-state index contributed by atoms with van der Waals surface area (Å²) in [4.78, 5) is 31.8. The van der Waals surface area contributed by atoms with Gasteiger partial charge >= 0.3 is 5.97 Å². The number of carbonyl (C=O) groups is 2. The molecule has 0 bridgehead atoms. The van der Waals surface area contributed by atoms with Crippen LogP contribution in [0.25, 0.3) is 5.70 Å². The van der Waals surface area contributed by atoms with Gasteiger partial charge in [0.05, 0.1) is 22.4 Å². The Labute approximate surface area is 190 Å². The van der Waals surface area contributed by atoms with Crippen LogP contribution in [0.1, 0.15) is 76.8 Å². The molecule has 2 heterocycles. The third kappa shape index (κ3) is 4.56. The van der Waals surface area contributed by atoms with Gasteiger partial charge in [0, 0.05) is 38.4 Å². The van der Waals surface area contributed by atoms with Crippen molar-refractivity contribution in [1.82, 2.24) is 9.88 Å². The number of nitriles is 1. The zero-order valence-electron chi connectivity index (χ0n) is 19.9. The van der Waals surface area contributed by atoms with Crippen molar-refractivity contribution in [2.75, 3.05) is 20.2 Å². The first-order valence-corrected chi connectivity index (χ1v) is 11.2. The highest BCUT2D eigenvalue weighted by molar-refractivity contribution is 6.09. The highest BCUT2D eigenvalue weighted by Gasteiger charge is 2.36. The number of Topliss-reactive ketones (excluding diaryl/α,β-unsaturated/α-hetero) is 1. The first kappa shape index (κ1) is 23.9. The molecular formula is C25H33N3O4. The Bertz CT molecular complexity index is 981. The molecule has 1 fully saturated rings. The number of ether oxygens (including phenoxy) is 2. The molecule has 1 aliphatic carbocycles. The van der Waals surface area contributed by atoms with Crippen LogP contribution >= 0.6 is 0 Å². The second-order valence-corrected chi connectivity index (χ2v) is 9.63. The van der Waals surface area contributed by atoms with E-state index in [0.717, 1.165) is 24.0 Å². The normalized spacial score (nSPS) is 19.3. The fourth-order valence-electron chi connectivity index (χ4n) is 3.99. The maximum Gasteiger partial charge on any atom is 0.312 e. The second kappa shape index (κ2) is 9.03. The minimum atomic E-state index is -0.574. The topological polar surface area (TPSA) is 92.5 Å². The van der Waals surface area contributed by atoms with Gasteiger partial charge in [0.25, 0.3) is 0 Å². The van der Waals surface area contributed by atoms with E-state index >= 15 is 0 Å². The van der Waals surface area contributed by atoms with Crippen LogP contribution in [-0.4, -0.2) is 47.4 Å². The minimum absolute atomic E-state index is 0.148. The van der Waals surface area contributed by atoms with E-state index in [1.54, 1.807) is 20.2 Å². The number of nitrogens with zero attached hydrogens (tertiary/aromatic N) is 3. The summed E-state index contributed by atoms with van der Waals surface area (Å²) in [5.41, 5.74) is 2.29. The Kier molecular flexibility index (Phi) is 6.75. The largest absolute Gasteiger partial charge is 0.456 e. The van der Waals surface area contributed by atoms with Crippen molar-refractivity contribution in [3.8, 4) is 6.07 Å². The van der Waals surface area contributed by atoms with Crippen molar-refractivity contribution >= 4 is 17.4 Å². The Balaban J connectivity index is 1.95. The molecule has 0 spiro atoms. The molecule has 7 heteroatoms. The van der Waals surface area contributed by atoms with Crippen LogP contribution < -0.4 is 0 Å². The van der Waals surface area contributed by atoms with Gasteiger partial charge in [-0.25, -0.2) is 0 Å². The molecule has 1 aliphatic heterocycles. The van der Waals surface area contributed by atoms with Gasteiger partial charge in [0.2, 0.25) is 0 Å². The minimum Gasteiger partial charge on any atom is -0.456 e. The standard InChI is InChI=1S/C25H33N3O4/c1-7-24(3,4)23(30)32-16(2)20-13-18-17(15-27-20)12-21(29)19(14-26)22(18)28-10-8-25(5,31-6)9-11-28/h13,15-16H,7-12H2,1-6H3. The molecule has 0 saturated carbocycles. The van der Waals surface area contributed by atoms with Crippen LogP contribution in [0.4, 0.5) is 0 Å². The van der Waals surface area contributed by atoms with Crippen molar-refractivity contribution in [3.05, 3.63) is 34.7 Å². The summed E-state index contributed by atoms with van der Waals surface area (Å²) < 4.78 is 11.3. The number of fused-ring (bicyclic) bond motifs is 1. The molecule has 7 nitrogen and oxygen atoms in total. The lowest BCUT2D eigenvalue weighted by Crippen LogP contribution is -2.43. The fraction of sp³-hybridized carbons (Fsp3) is 0.600. The molecule has 1 saturated heterocycles. The summed E-state index contributed by atoms with van der Waals surface area (Å²) in [5.74, 6) is -0.459. The fourth-order valence-corrected chi connectivity index (χ4v) is 3.99. The number of likely N-dealkylation sites (tertiary alicyclic amines) is 1. The number of hydrogen-bond acceptors (Lipinski definition) is 7. The van der Waals surface area contributed by atoms with Crippen LogP contribution in [0.5, 0.6) is 0 Å². The molecule has 32 heavy (non-hydrogen) atoms. The number of ketones is 1. The molecule has 0 radical (unpaired) electrons. The van der Waals surface area contributed by atoms with Crippen LogP contribution in [0.2, 0.25) is 0 Å². The number of rotatable bonds is 6. The summed E-state index contributed by atoms with van der Waals surface area (Å²) in [6.45, 7) is 10.9. The van der Waals surface area contributed by atoms with E-state index in [-0.39, 0.29) is 29.3 Å². The van der Waals surface area contributed by atoms with E-state index in [0.29, 0.717) is 30.9 Å². The predicted octanol–water partition coefficient (Wildman–Crippen LogP) is 3.98. The number of allylic oxidation sites excluding steroid dienone is 1. The van der Waals surface area contributed by atoms with E-state index < -0.39 is 11.5 Å². The Morgan fingerprint density at radius 3 is 2.59 bits per heavy atom. The zero-order valence-corrected chi connectivity index (χ0v) is 19.9. The molecule has 1 unspecified atom stereocenters. The lowest BCUT2D eigenvalue weighted by atomic mass is 9.86. The molecule has 0 N–H and O–H groups in total. The third-order valence-corrected chi connectivity index (χ3v) is 7.01. The van der Waals surface area contributed by atoms with Crippen LogP contribution in [0.15, 0.2) is 17.8 Å². The molecule has 3 rings (SSSR count).